The predicted molar refractivity (Wildman–Crippen MR) is 135 cm³/mol. The third-order valence-corrected chi connectivity index (χ3v) is 8.68. The molecule has 0 unspecified atom stereocenters. The van der Waals surface area contributed by atoms with Crippen molar-refractivity contribution in [3.63, 3.8) is 0 Å². The van der Waals surface area contributed by atoms with E-state index in [1.165, 1.54) is 38.5 Å². The number of aromatic nitrogens is 2. The number of morpholine rings is 1. The van der Waals surface area contributed by atoms with Crippen molar-refractivity contribution in [2.75, 3.05) is 45.9 Å². The molecule has 0 spiro atoms. The maximum atomic E-state index is 13.7. The fourth-order valence-corrected chi connectivity index (χ4v) is 6.35. The quantitative estimate of drug-likeness (QED) is 0.559. The van der Waals surface area contributed by atoms with E-state index in [-0.39, 0.29) is 11.7 Å². The highest BCUT2D eigenvalue weighted by Crippen LogP contribution is 2.33. The van der Waals surface area contributed by atoms with Crippen LogP contribution in [0.25, 0.3) is 11.0 Å². The minimum absolute atomic E-state index is 0.0736. The zero-order chi connectivity index (χ0) is 22.8. The standard InChI is InChI=1S/C25H36Cl2N4O2/c26-21-17-23-24(18-22(21)27)31(25(32)30(23)12-11-28-13-15-33-16-14-28)20-7-9-29(10-8-20)19-5-3-1-2-4-6-19/h17-20H,1-16H2. The Morgan fingerprint density at radius 2 is 1.42 bits per heavy atom. The average molecular weight is 495 g/mol. The van der Waals surface area contributed by atoms with Gasteiger partial charge >= 0.3 is 5.69 Å². The van der Waals surface area contributed by atoms with E-state index in [0.717, 1.165) is 75.9 Å². The molecular weight excluding hydrogens is 459 g/mol. The molecule has 5 rings (SSSR count). The molecule has 2 saturated heterocycles. The van der Waals surface area contributed by atoms with Crippen LogP contribution in [0.4, 0.5) is 0 Å². The fraction of sp³-hybridized carbons (Fsp3) is 0.720. The first-order valence-electron chi connectivity index (χ1n) is 12.8. The molecule has 182 valence electrons. The van der Waals surface area contributed by atoms with E-state index in [2.05, 4.69) is 9.80 Å². The minimum Gasteiger partial charge on any atom is -0.379 e. The fourth-order valence-electron chi connectivity index (χ4n) is 6.04. The minimum atomic E-state index is 0.0736. The normalized spacial score (nSPS) is 22.7. The molecule has 3 heterocycles. The Morgan fingerprint density at radius 1 is 0.788 bits per heavy atom. The zero-order valence-corrected chi connectivity index (χ0v) is 21.0. The number of hydrogen-bond acceptors (Lipinski definition) is 4. The van der Waals surface area contributed by atoms with Gasteiger partial charge in [-0.1, -0.05) is 48.9 Å². The second-order valence-electron chi connectivity index (χ2n) is 9.93. The lowest BCUT2D eigenvalue weighted by Gasteiger charge is -2.37. The second-order valence-corrected chi connectivity index (χ2v) is 10.7. The molecule has 1 aromatic carbocycles. The van der Waals surface area contributed by atoms with Gasteiger partial charge in [-0.05, 0) is 37.8 Å². The van der Waals surface area contributed by atoms with Gasteiger partial charge in [0.2, 0.25) is 0 Å². The number of benzene rings is 1. The molecule has 33 heavy (non-hydrogen) atoms. The molecule has 6 nitrogen and oxygen atoms in total. The number of imidazole rings is 1. The third kappa shape index (κ3) is 5.15. The number of halogens is 2. The van der Waals surface area contributed by atoms with Gasteiger partial charge in [-0.3, -0.25) is 14.0 Å². The zero-order valence-electron chi connectivity index (χ0n) is 19.5. The number of ether oxygens (including phenoxy) is 1. The van der Waals surface area contributed by atoms with Crippen molar-refractivity contribution < 1.29 is 4.74 Å². The summed E-state index contributed by atoms with van der Waals surface area (Å²) in [6.07, 6.45) is 10.2. The van der Waals surface area contributed by atoms with Crippen LogP contribution in [-0.4, -0.2) is 70.9 Å². The lowest BCUT2D eigenvalue weighted by Crippen LogP contribution is -2.43. The van der Waals surface area contributed by atoms with Crippen molar-refractivity contribution in [1.82, 2.24) is 18.9 Å². The highest BCUT2D eigenvalue weighted by Gasteiger charge is 2.29. The first-order valence-corrected chi connectivity index (χ1v) is 13.5. The summed E-state index contributed by atoms with van der Waals surface area (Å²) in [5.74, 6) is 0. The Bertz CT molecular complexity index is 998. The average Bonchev–Trinajstić information content (AvgIpc) is 3.00. The van der Waals surface area contributed by atoms with Gasteiger partial charge < -0.3 is 9.64 Å². The molecular formula is C25H36Cl2N4O2. The number of fused-ring (bicyclic) bond motifs is 1. The van der Waals surface area contributed by atoms with Gasteiger partial charge in [-0.15, -0.1) is 0 Å². The van der Waals surface area contributed by atoms with Crippen molar-refractivity contribution in [3.8, 4) is 0 Å². The monoisotopic (exact) mass is 494 g/mol. The number of hydrogen-bond donors (Lipinski definition) is 0. The van der Waals surface area contributed by atoms with E-state index < -0.39 is 0 Å². The smallest absolute Gasteiger partial charge is 0.329 e. The number of piperidine rings is 1. The summed E-state index contributed by atoms with van der Waals surface area (Å²) in [5, 5.41) is 1.02. The van der Waals surface area contributed by atoms with E-state index >= 15 is 0 Å². The van der Waals surface area contributed by atoms with Crippen molar-refractivity contribution >= 4 is 34.2 Å². The van der Waals surface area contributed by atoms with Crippen molar-refractivity contribution in [2.24, 2.45) is 0 Å². The van der Waals surface area contributed by atoms with E-state index in [1.54, 1.807) is 0 Å². The van der Waals surface area contributed by atoms with Gasteiger partial charge in [0.25, 0.3) is 0 Å². The van der Waals surface area contributed by atoms with Crippen molar-refractivity contribution in [3.05, 3.63) is 32.7 Å². The lowest BCUT2D eigenvalue weighted by atomic mass is 9.99. The Labute approximate surface area is 206 Å². The molecule has 1 saturated carbocycles. The summed E-state index contributed by atoms with van der Waals surface area (Å²) in [6.45, 7) is 6.99. The van der Waals surface area contributed by atoms with Crippen molar-refractivity contribution in [2.45, 2.75) is 70.0 Å². The molecule has 2 aromatic rings. The molecule has 1 aromatic heterocycles. The summed E-state index contributed by atoms with van der Waals surface area (Å²) in [6, 6.07) is 4.71. The molecule has 0 atom stereocenters. The summed E-state index contributed by atoms with van der Waals surface area (Å²) in [5.41, 5.74) is 1.89. The molecule has 0 radical (unpaired) electrons. The van der Waals surface area contributed by atoms with Crippen LogP contribution in [0.2, 0.25) is 10.0 Å². The van der Waals surface area contributed by atoms with Crippen LogP contribution in [0.15, 0.2) is 16.9 Å². The number of nitrogens with zero attached hydrogens (tertiary/aromatic N) is 4. The maximum absolute atomic E-state index is 13.7. The van der Waals surface area contributed by atoms with Crippen LogP contribution in [0, 0.1) is 0 Å². The molecule has 8 heteroatoms. The summed E-state index contributed by atoms with van der Waals surface area (Å²) < 4.78 is 9.39. The van der Waals surface area contributed by atoms with Gasteiger partial charge in [0.1, 0.15) is 0 Å². The van der Waals surface area contributed by atoms with Gasteiger partial charge in [0, 0.05) is 51.4 Å². The Hall–Kier alpha value is -1.05. The molecule has 2 aliphatic heterocycles. The summed E-state index contributed by atoms with van der Waals surface area (Å²) in [7, 11) is 0. The third-order valence-electron chi connectivity index (χ3n) is 7.95. The van der Waals surface area contributed by atoms with Gasteiger partial charge in [-0.2, -0.15) is 0 Å². The molecule has 0 amide bonds. The number of likely N-dealkylation sites (tertiary alicyclic amines) is 1. The lowest BCUT2D eigenvalue weighted by molar-refractivity contribution is 0.0364. The highest BCUT2D eigenvalue weighted by atomic mass is 35.5. The highest BCUT2D eigenvalue weighted by molar-refractivity contribution is 6.42. The number of rotatable bonds is 5. The second kappa shape index (κ2) is 10.7. The topological polar surface area (TPSA) is 42.6 Å². The van der Waals surface area contributed by atoms with E-state index in [9.17, 15) is 4.79 Å². The van der Waals surface area contributed by atoms with Crippen LogP contribution >= 0.6 is 23.2 Å². The van der Waals surface area contributed by atoms with E-state index in [0.29, 0.717) is 16.6 Å². The summed E-state index contributed by atoms with van der Waals surface area (Å²) >= 11 is 12.8. The first kappa shape index (κ1) is 23.7. The molecule has 0 N–H and O–H groups in total. The maximum Gasteiger partial charge on any atom is 0.329 e. The Morgan fingerprint density at radius 3 is 2.09 bits per heavy atom. The largest absolute Gasteiger partial charge is 0.379 e. The van der Waals surface area contributed by atoms with E-state index in [1.807, 2.05) is 21.3 Å². The summed E-state index contributed by atoms with van der Waals surface area (Å²) in [4.78, 5) is 18.7. The van der Waals surface area contributed by atoms with Crippen LogP contribution in [0.1, 0.15) is 57.4 Å². The first-order chi connectivity index (χ1) is 16.1. The van der Waals surface area contributed by atoms with Crippen LogP contribution < -0.4 is 5.69 Å². The molecule has 3 aliphatic rings. The molecule has 3 fully saturated rings. The SMILES string of the molecule is O=c1n(CCN2CCOCC2)c2cc(Cl)c(Cl)cc2n1C1CCN(C2CCCCCC2)CC1. The van der Waals surface area contributed by atoms with Crippen LogP contribution in [0.5, 0.6) is 0 Å². The Kier molecular flexibility index (Phi) is 7.67. The van der Waals surface area contributed by atoms with Gasteiger partial charge in [-0.25, -0.2) is 4.79 Å². The van der Waals surface area contributed by atoms with Crippen molar-refractivity contribution in [1.29, 1.82) is 0 Å². The predicted octanol–water partition coefficient (Wildman–Crippen LogP) is 4.80. The Balaban J connectivity index is 1.37. The van der Waals surface area contributed by atoms with Gasteiger partial charge in [0.15, 0.2) is 0 Å². The van der Waals surface area contributed by atoms with Crippen LogP contribution in [-0.2, 0) is 11.3 Å². The molecule has 1 aliphatic carbocycles. The van der Waals surface area contributed by atoms with Gasteiger partial charge in [0.05, 0.1) is 34.3 Å². The molecule has 0 bridgehead atoms. The van der Waals surface area contributed by atoms with Crippen LogP contribution in [0.3, 0.4) is 0 Å². The van der Waals surface area contributed by atoms with E-state index in [4.69, 9.17) is 27.9 Å².